The number of nitrogens with one attached hydrogen (secondary N) is 2. The molecule has 1 fully saturated rings. The van der Waals surface area contributed by atoms with Crippen molar-refractivity contribution in [1.82, 2.24) is 15.5 Å². The maximum absolute atomic E-state index is 12.3. The minimum Gasteiger partial charge on any atom is -0.353 e. The van der Waals surface area contributed by atoms with Crippen molar-refractivity contribution in [2.75, 3.05) is 27.2 Å². The molecule has 1 saturated heterocycles. The van der Waals surface area contributed by atoms with E-state index < -0.39 is 0 Å². The second kappa shape index (κ2) is 8.63. The standard InChI is InChI=1S/C16H33N3O/c1-6-13(7-2)15(19(4)5)11-18-16(20)14-10-12(3)8-9-17-14/h12-15,17H,6-11H2,1-5H3,(H,18,20). The third-order valence-electron chi connectivity index (χ3n) is 4.72. The zero-order valence-corrected chi connectivity index (χ0v) is 13.9. The summed E-state index contributed by atoms with van der Waals surface area (Å²) in [4.78, 5) is 14.5. The average molecular weight is 283 g/mol. The van der Waals surface area contributed by atoms with Crippen LogP contribution in [0.2, 0.25) is 0 Å². The van der Waals surface area contributed by atoms with Gasteiger partial charge >= 0.3 is 0 Å². The lowest BCUT2D eigenvalue weighted by atomic mass is 9.92. The van der Waals surface area contributed by atoms with E-state index >= 15 is 0 Å². The summed E-state index contributed by atoms with van der Waals surface area (Å²) in [6.45, 7) is 8.41. The van der Waals surface area contributed by atoms with Gasteiger partial charge < -0.3 is 15.5 Å². The van der Waals surface area contributed by atoms with E-state index in [9.17, 15) is 4.79 Å². The summed E-state index contributed by atoms with van der Waals surface area (Å²) < 4.78 is 0. The second-order valence-corrected chi connectivity index (χ2v) is 6.49. The van der Waals surface area contributed by atoms with Crippen molar-refractivity contribution in [2.24, 2.45) is 11.8 Å². The molecule has 3 atom stereocenters. The van der Waals surface area contributed by atoms with E-state index in [1.54, 1.807) is 0 Å². The van der Waals surface area contributed by atoms with Gasteiger partial charge in [0.05, 0.1) is 6.04 Å². The molecular formula is C16H33N3O. The molecule has 0 radical (unpaired) electrons. The van der Waals surface area contributed by atoms with Crippen molar-refractivity contribution < 1.29 is 4.79 Å². The predicted molar refractivity (Wildman–Crippen MR) is 84.7 cm³/mol. The van der Waals surface area contributed by atoms with Crippen LogP contribution < -0.4 is 10.6 Å². The summed E-state index contributed by atoms with van der Waals surface area (Å²) in [6, 6.07) is 0.429. The van der Waals surface area contributed by atoms with E-state index in [0.717, 1.165) is 32.4 Å². The molecule has 0 aromatic carbocycles. The quantitative estimate of drug-likeness (QED) is 0.749. The molecule has 1 heterocycles. The Morgan fingerprint density at radius 1 is 1.35 bits per heavy atom. The molecule has 1 rings (SSSR count). The Morgan fingerprint density at radius 3 is 2.50 bits per heavy atom. The highest BCUT2D eigenvalue weighted by Crippen LogP contribution is 2.17. The van der Waals surface area contributed by atoms with Crippen LogP contribution >= 0.6 is 0 Å². The molecule has 2 N–H and O–H groups in total. The van der Waals surface area contributed by atoms with Crippen LogP contribution in [0.1, 0.15) is 46.5 Å². The molecule has 0 spiro atoms. The number of carbonyl (C=O) groups is 1. The van der Waals surface area contributed by atoms with Crippen molar-refractivity contribution in [2.45, 2.75) is 58.5 Å². The molecule has 0 aliphatic carbocycles. The number of nitrogens with zero attached hydrogens (tertiary/aromatic N) is 1. The maximum Gasteiger partial charge on any atom is 0.237 e. The third kappa shape index (κ3) is 5.06. The molecular weight excluding hydrogens is 250 g/mol. The molecule has 0 aromatic heterocycles. The molecule has 20 heavy (non-hydrogen) atoms. The molecule has 0 aromatic rings. The summed E-state index contributed by atoms with van der Waals surface area (Å²) in [7, 11) is 4.21. The van der Waals surface area contributed by atoms with Crippen molar-refractivity contribution in [3.05, 3.63) is 0 Å². The predicted octanol–water partition coefficient (Wildman–Crippen LogP) is 1.86. The zero-order valence-electron chi connectivity index (χ0n) is 13.9. The Kier molecular flexibility index (Phi) is 7.52. The molecule has 4 nitrogen and oxygen atoms in total. The average Bonchev–Trinajstić information content (AvgIpc) is 2.42. The van der Waals surface area contributed by atoms with Crippen molar-refractivity contribution >= 4 is 5.91 Å². The number of rotatable bonds is 7. The summed E-state index contributed by atoms with van der Waals surface area (Å²) >= 11 is 0. The van der Waals surface area contributed by atoms with Crippen LogP contribution in [0.25, 0.3) is 0 Å². The summed E-state index contributed by atoms with van der Waals surface area (Å²) in [5.41, 5.74) is 0. The van der Waals surface area contributed by atoms with Gasteiger partial charge in [0.2, 0.25) is 5.91 Å². The molecule has 118 valence electrons. The second-order valence-electron chi connectivity index (χ2n) is 6.49. The van der Waals surface area contributed by atoms with Crippen LogP contribution in [0.5, 0.6) is 0 Å². The first-order valence-corrected chi connectivity index (χ1v) is 8.17. The molecule has 0 saturated carbocycles. The number of piperidine rings is 1. The maximum atomic E-state index is 12.3. The number of amides is 1. The smallest absolute Gasteiger partial charge is 0.237 e. The van der Waals surface area contributed by atoms with Crippen molar-refractivity contribution in [3.8, 4) is 0 Å². The van der Waals surface area contributed by atoms with E-state index in [4.69, 9.17) is 0 Å². The molecule has 0 bridgehead atoms. The first-order chi connectivity index (χ1) is 9.49. The first-order valence-electron chi connectivity index (χ1n) is 8.17. The van der Waals surface area contributed by atoms with Crippen LogP contribution in [-0.4, -0.2) is 50.1 Å². The Hall–Kier alpha value is -0.610. The van der Waals surface area contributed by atoms with Crippen LogP contribution in [0, 0.1) is 11.8 Å². The Labute approximate surface area is 124 Å². The lowest BCUT2D eigenvalue weighted by Crippen LogP contribution is -2.52. The van der Waals surface area contributed by atoms with E-state index in [0.29, 0.717) is 17.9 Å². The number of hydrogen-bond acceptors (Lipinski definition) is 3. The first kappa shape index (κ1) is 17.4. The molecule has 4 heteroatoms. The minimum atomic E-state index is 0.00302. The van der Waals surface area contributed by atoms with E-state index in [2.05, 4.69) is 50.4 Å². The number of hydrogen-bond donors (Lipinski definition) is 2. The fourth-order valence-electron chi connectivity index (χ4n) is 3.24. The molecule has 1 amide bonds. The van der Waals surface area contributed by atoms with E-state index in [1.807, 2.05) is 0 Å². The van der Waals surface area contributed by atoms with Gasteiger partial charge in [-0.15, -0.1) is 0 Å². The van der Waals surface area contributed by atoms with E-state index in [-0.39, 0.29) is 11.9 Å². The van der Waals surface area contributed by atoms with Gasteiger partial charge in [-0.3, -0.25) is 4.79 Å². The fourth-order valence-corrected chi connectivity index (χ4v) is 3.24. The van der Waals surface area contributed by atoms with Crippen LogP contribution in [-0.2, 0) is 4.79 Å². The zero-order chi connectivity index (χ0) is 15.1. The van der Waals surface area contributed by atoms with Gasteiger partial charge in [-0.2, -0.15) is 0 Å². The Balaban J connectivity index is 2.47. The van der Waals surface area contributed by atoms with Gasteiger partial charge in [-0.25, -0.2) is 0 Å². The topological polar surface area (TPSA) is 44.4 Å². The van der Waals surface area contributed by atoms with Gasteiger partial charge in [0.1, 0.15) is 0 Å². The van der Waals surface area contributed by atoms with Crippen molar-refractivity contribution in [1.29, 1.82) is 0 Å². The monoisotopic (exact) mass is 283 g/mol. The van der Waals surface area contributed by atoms with Gasteiger partial charge in [0.25, 0.3) is 0 Å². The molecule has 1 aliphatic rings. The normalized spacial score (nSPS) is 24.9. The van der Waals surface area contributed by atoms with Crippen LogP contribution in [0.15, 0.2) is 0 Å². The molecule has 3 unspecified atom stereocenters. The third-order valence-corrected chi connectivity index (χ3v) is 4.72. The van der Waals surface area contributed by atoms with Gasteiger partial charge in [0.15, 0.2) is 0 Å². The highest BCUT2D eigenvalue weighted by Gasteiger charge is 2.26. The minimum absolute atomic E-state index is 0.00302. The lowest BCUT2D eigenvalue weighted by Gasteiger charge is -2.33. The lowest BCUT2D eigenvalue weighted by molar-refractivity contribution is -0.124. The number of likely N-dealkylation sites (N-methyl/N-ethyl adjacent to an activating group) is 1. The van der Waals surface area contributed by atoms with Crippen LogP contribution in [0.3, 0.4) is 0 Å². The molecule has 1 aliphatic heterocycles. The SMILES string of the molecule is CCC(CC)C(CNC(=O)C1CC(C)CCN1)N(C)C. The van der Waals surface area contributed by atoms with Gasteiger partial charge in [0, 0.05) is 12.6 Å². The Bertz CT molecular complexity index is 289. The number of carbonyl (C=O) groups excluding carboxylic acids is 1. The largest absolute Gasteiger partial charge is 0.353 e. The Morgan fingerprint density at radius 2 is 2.00 bits per heavy atom. The van der Waals surface area contributed by atoms with E-state index in [1.165, 1.54) is 6.42 Å². The highest BCUT2D eigenvalue weighted by atomic mass is 16.2. The highest BCUT2D eigenvalue weighted by molar-refractivity contribution is 5.81. The summed E-state index contributed by atoms with van der Waals surface area (Å²) in [5, 5.41) is 6.49. The fraction of sp³-hybridized carbons (Fsp3) is 0.938. The summed E-state index contributed by atoms with van der Waals surface area (Å²) in [6.07, 6.45) is 4.46. The van der Waals surface area contributed by atoms with Crippen LogP contribution in [0.4, 0.5) is 0 Å². The van der Waals surface area contributed by atoms with Gasteiger partial charge in [-0.05, 0) is 45.3 Å². The summed E-state index contributed by atoms with van der Waals surface area (Å²) in [5.74, 6) is 1.47. The van der Waals surface area contributed by atoms with Gasteiger partial charge in [-0.1, -0.05) is 33.6 Å². The van der Waals surface area contributed by atoms with Crippen molar-refractivity contribution in [3.63, 3.8) is 0 Å².